The molecule has 2 bridgehead atoms. The smallest absolute Gasteiger partial charge is 0.460 e. The highest BCUT2D eigenvalue weighted by molar-refractivity contribution is 7.87. The van der Waals surface area contributed by atoms with E-state index >= 15 is 0 Å². The van der Waals surface area contributed by atoms with Gasteiger partial charge in [-0.25, -0.2) is 4.79 Å². The summed E-state index contributed by atoms with van der Waals surface area (Å²) in [5, 5.41) is 4.82. The van der Waals surface area contributed by atoms with Crippen LogP contribution in [-0.4, -0.2) is 42.0 Å². The van der Waals surface area contributed by atoms with E-state index in [9.17, 15) is 27.1 Å². The van der Waals surface area contributed by atoms with E-state index in [0.717, 1.165) is 6.42 Å². The lowest BCUT2D eigenvalue weighted by atomic mass is 9.81. The van der Waals surface area contributed by atoms with Crippen molar-refractivity contribution in [3.63, 3.8) is 0 Å². The van der Waals surface area contributed by atoms with E-state index in [0.29, 0.717) is 31.6 Å². The van der Waals surface area contributed by atoms with Crippen molar-refractivity contribution in [1.82, 2.24) is 0 Å². The number of alkyl halides is 2. The fourth-order valence-electron chi connectivity index (χ4n) is 4.47. The molecule has 3 rings (SSSR count). The summed E-state index contributed by atoms with van der Waals surface area (Å²) >= 11 is 0. The van der Waals surface area contributed by atoms with Crippen molar-refractivity contribution in [2.45, 2.75) is 43.5 Å². The SMILES string of the molecule is O=C(OCC12CC3CC(O)CC1(C3)C2)C(F)(F)S(=O)(=O)O. The van der Waals surface area contributed by atoms with Crippen molar-refractivity contribution in [3.05, 3.63) is 0 Å². The number of rotatable bonds is 4. The molecule has 0 saturated heterocycles. The molecule has 3 saturated carbocycles. The second-order valence-corrected chi connectivity index (χ2v) is 8.14. The molecule has 3 fully saturated rings. The maximum absolute atomic E-state index is 13.1. The minimum Gasteiger partial charge on any atom is -0.460 e. The quantitative estimate of drug-likeness (QED) is 0.589. The van der Waals surface area contributed by atoms with Gasteiger partial charge in [-0.05, 0) is 43.4 Å². The van der Waals surface area contributed by atoms with E-state index in [-0.39, 0.29) is 12.0 Å². The van der Waals surface area contributed by atoms with E-state index in [1.54, 1.807) is 0 Å². The van der Waals surface area contributed by atoms with Crippen LogP contribution in [0.4, 0.5) is 8.78 Å². The monoisotopic (exact) mass is 326 g/mol. The number of aliphatic hydroxyl groups is 1. The normalized spacial score (nSPS) is 41.5. The highest BCUT2D eigenvalue weighted by Gasteiger charge is 2.74. The highest BCUT2D eigenvalue weighted by atomic mass is 32.2. The Morgan fingerprint density at radius 3 is 2.62 bits per heavy atom. The van der Waals surface area contributed by atoms with Crippen LogP contribution in [0.5, 0.6) is 0 Å². The van der Waals surface area contributed by atoms with Crippen molar-refractivity contribution in [2.24, 2.45) is 16.7 Å². The molecule has 1 spiro atoms. The molecule has 9 heteroatoms. The van der Waals surface area contributed by atoms with Crippen LogP contribution in [0.15, 0.2) is 0 Å². The number of hydrogen-bond acceptors (Lipinski definition) is 5. The summed E-state index contributed by atoms with van der Waals surface area (Å²) < 4.78 is 60.0. The Balaban J connectivity index is 1.67. The Hall–Kier alpha value is -0.800. The lowest BCUT2D eigenvalue weighted by molar-refractivity contribution is -0.163. The number of aliphatic hydroxyl groups excluding tert-OH is 1. The first-order chi connectivity index (χ1) is 9.51. The lowest BCUT2D eigenvalue weighted by Gasteiger charge is -2.27. The van der Waals surface area contributed by atoms with Gasteiger partial charge in [-0.2, -0.15) is 17.2 Å². The van der Waals surface area contributed by atoms with Gasteiger partial charge in [0.1, 0.15) is 0 Å². The number of halogens is 2. The van der Waals surface area contributed by atoms with Crippen LogP contribution in [0, 0.1) is 16.7 Å². The molecule has 4 atom stereocenters. The first-order valence-electron chi connectivity index (χ1n) is 6.72. The Morgan fingerprint density at radius 2 is 2.00 bits per heavy atom. The zero-order chi connectivity index (χ0) is 15.7. The molecule has 0 aromatic heterocycles. The Labute approximate surface area is 120 Å². The fraction of sp³-hybridized carbons (Fsp3) is 0.917. The van der Waals surface area contributed by atoms with Crippen LogP contribution in [0.25, 0.3) is 0 Å². The van der Waals surface area contributed by atoms with Gasteiger partial charge in [0.05, 0.1) is 12.7 Å². The Morgan fingerprint density at radius 1 is 1.33 bits per heavy atom. The van der Waals surface area contributed by atoms with Crippen molar-refractivity contribution in [2.75, 3.05) is 6.61 Å². The zero-order valence-electron chi connectivity index (χ0n) is 11.1. The van der Waals surface area contributed by atoms with E-state index in [1.807, 2.05) is 0 Å². The minimum absolute atomic E-state index is 0.164. The molecule has 3 aliphatic carbocycles. The van der Waals surface area contributed by atoms with Crippen molar-refractivity contribution in [3.8, 4) is 0 Å². The number of fused-ring (bicyclic) bond motifs is 1. The molecule has 0 aromatic rings. The van der Waals surface area contributed by atoms with Crippen LogP contribution in [0.1, 0.15) is 32.1 Å². The summed E-state index contributed by atoms with van der Waals surface area (Å²) in [5.74, 6) is -1.95. The number of esters is 1. The summed E-state index contributed by atoms with van der Waals surface area (Å²) in [6, 6.07) is 0. The predicted molar refractivity (Wildman–Crippen MR) is 64.9 cm³/mol. The summed E-state index contributed by atoms with van der Waals surface area (Å²) in [5.41, 5.74) is -0.580. The average Bonchev–Trinajstić information content (AvgIpc) is 2.81. The summed E-state index contributed by atoms with van der Waals surface area (Å²) in [7, 11) is -5.83. The van der Waals surface area contributed by atoms with Gasteiger partial charge >= 0.3 is 21.3 Å². The van der Waals surface area contributed by atoms with Crippen LogP contribution in [0.2, 0.25) is 0 Å². The van der Waals surface area contributed by atoms with Gasteiger partial charge in [0, 0.05) is 5.41 Å². The maximum Gasteiger partial charge on any atom is 0.465 e. The van der Waals surface area contributed by atoms with Gasteiger partial charge in [0.25, 0.3) is 0 Å². The molecule has 0 aromatic carbocycles. The third-order valence-electron chi connectivity index (χ3n) is 5.31. The average molecular weight is 326 g/mol. The van der Waals surface area contributed by atoms with E-state index in [1.165, 1.54) is 0 Å². The Bertz CT molecular complexity index is 591. The standard InChI is InChI=1S/C12H16F2O6S/c13-12(14,21(17,18)19)9(16)20-6-11-3-7-1-8(15)4-10(11,2-7)5-11/h7-8,15H,1-6H2,(H,17,18,19). The predicted octanol–water partition coefficient (Wildman–Crippen LogP) is 0.951. The molecule has 2 N–H and O–H groups in total. The zero-order valence-corrected chi connectivity index (χ0v) is 11.9. The van der Waals surface area contributed by atoms with Crippen LogP contribution in [0.3, 0.4) is 0 Å². The van der Waals surface area contributed by atoms with Crippen LogP contribution < -0.4 is 0 Å². The third-order valence-corrected chi connectivity index (χ3v) is 6.12. The molecule has 0 amide bonds. The first-order valence-corrected chi connectivity index (χ1v) is 8.16. The van der Waals surface area contributed by atoms with Gasteiger partial charge in [-0.1, -0.05) is 0 Å². The molecule has 0 aliphatic heterocycles. The molecule has 120 valence electrons. The third kappa shape index (κ3) is 2.08. The number of ether oxygens (including phenoxy) is 1. The maximum atomic E-state index is 13.1. The van der Waals surface area contributed by atoms with Gasteiger partial charge in [-0.15, -0.1) is 0 Å². The largest absolute Gasteiger partial charge is 0.465 e. The van der Waals surface area contributed by atoms with E-state index in [4.69, 9.17) is 4.55 Å². The molecular formula is C12H16F2O6S. The fourth-order valence-corrected chi connectivity index (χ4v) is 4.74. The molecule has 21 heavy (non-hydrogen) atoms. The minimum atomic E-state index is -5.83. The number of hydrogen-bond donors (Lipinski definition) is 2. The summed E-state index contributed by atoms with van der Waals surface area (Å²) in [6.07, 6.45) is 3.08. The van der Waals surface area contributed by atoms with Gasteiger partial charge < -0.3 is 9.84 Å². The molecular weight excluding hydrogens is 310 g/mol. The van der Waals surface area contributed by atoms with Gasteiger partial charge in [-0.3, -0.25) is 4.55 Å². The molecule has 0 radical (unpaired) electrons. The second kappa shape index (κ2) is 4.14. The Kier molecular flexibility index (Phi) is 2.98. The summed E-state index contributed by atoms with van der Waals surface area (Å²) in [6.45, 7) is -0.292. The molecule has 3 aliphatic rings. The molecule has 6 nitrogen and oxygen atoms in total. The highest BCUT2D eigenvalue weighted by Crippen LogP contribution is 2.79. The van der Waals surface area contributed by atoms with Crippen LogP contribution >= 0.6 is 0 Å². The van der Waals surface area contributed by atoms with Crippen LogP contribution in [-0.2, 0) is 19.6 Å². The molecule has 0 heterocycles. The number of carbonyl (C=O) groups excluding carboxylic acids is 1. The second-order valence-electron chi connectivity index (χ2n) is 6.67. The topological polar surface area (TPSA) is 101 Å². The van der Waals surface area contributed by atoms with Crippen molar-refractivity contribution >= 4 is 16.1 Å². The number of carbonyl (C=O) groups is 1. The first kappa shape index (κ1) is 15.1. The van der Waals surface area contributed by atoms with Crippen molar-refractivity contribution in [1.29, 1.82) is 0 Å². The molecule has 4 unspecified atom stereocenters. The van der Waals surface area contributed by atoms with E-state index in [2.05, 4.69) is 4.74 Å². The van der Waals surface area contributed by atoms with E-state index < -0.39 is 32.9 Å². The lowest BCUT2D eigenvalue weighted by Crippen LogP contribution is -2.40. The van der Waals surface area contributed by atoms with Gasteiger partial charge in [0.15, 0.2) is 0 Å². The van der Waals surface area contributed by atoms with Gasteiger partial charge in [0.2, 0.25) is 0 Å². The van der Waals surface area contributed by atoms with Crippen molar-refractivity contribution < 1.29 is 36.4 Å². The summed E-state index contributed by atoms with van der Waals surface area (Å²) in [4.78, 5) is 11.2.